The lowest BCUT2D eigenvalue weighted by atomic mass is 10.3. The summed E-state index contributed by atoms with van der Waals surface area (Å²) in [6, 6.07) is 2.04. The molecule has 1 aromatic rings. The van der Waals surface area contributed by atoms with Crippen molar-refractivity contribution in [2.24, 2.45) is 5.73 Å². The molecular formula is C14H21NO3S. The van der Waals surface area contributed by atoms with Gasteiger partial charge in [0.05, 0.1) is 26.4 Å². The monoisotopic (exact) mass is 283 g/mol. The lowest BCUT2D eigenvalue weighted by Gasteiger charge is -2.04. The van der Waals surface area contributed by atoms with Crippen molar-refractivity contribution in [3.8, 4) is 11.8 Å². The third kappa shape index (κ3) is 7.98. The second-order valence-corrected chi connectivity index (χ2v) is 4.81. The minimum Gasteiger partial charge on any atom is -0.382 e. The first-order valence-corrected chi connectivity index (χ1v) is 7.15. The normalized spacial score (nSPS) is 10.2. The van der Waals surface area contributed by atoms with Crippen molar-refractivity contribution in [3.05, 3.63) is 21.9 Å². The molecule has 0 fully saturated rings. The molecule has 2 N–H and O–H groups in total. The molecule has 4 nitrogen and oxygen atoms in total. The summed E-state index contributed by atoms with van der Waals surface area (Å²) in [4.78, 5) is 1.18. The summed E-state index contributed by atoms with van der Waals surface area (Å²) < 4.78 is 15.8. The van der Waals surface area contributed by atoms with E-state index in [9.17, 15) is 0 Å². The second kappa shape index (κ2) is 11.0. The van der Waals surface area contributed by atoms with E-state index >= 15 is 0 Å². The van der Waals surface area contributed by atoms with Crippen LogP contribution in [0.4, 0.5) is 0 Å². The van der Waals surface area contributed by atoms with Gasteiger partial charge in [-0.1, -0.05) is 11.8 Å². The standard InChI is InChI=1S/C14H21NO3S/c1-16-8-9-17-6-3-7-18-11-14-10-13(12-19-14)4-2-5-15/h10,12H,3,5-9,11,15H2,1H3. The number of rotatable bonds is 9. The van der Waals surface area contributed by atoms with Crippen molar-refractivity contribution >= 4 is 11.3 Å². The Labute approximate surface area is 118 Å². The highest BCUT2D eigenvalue weighted by Gasteiger charge is 1.98. The van der Waals surface area contributed by atoms with E-state index in [2.05, 4.69) is 11.8 Å². The lowest BCUT2D eigenvalue weighted by molar-refractivity contribution is 0.0488. The molecule has 1 aromatic heterocycles. The van der Waals surface area contributed by atoms with Crippen molar-refractivity contribution in [1.29, 1.82) is 0 Å². The third-order valence-corrected chi connectivity index (χ3v) is 3.15. The highest BCUT2D eigenvalue weighted by molar-refractivity contribution is 7.10. The smallest absolute Gasteiger partial charge is 0.0809 e. The van der Waals surface area contributed by atoms with Crippen molar-refractivity contribution in [2.75, 3.05) is 40.1 Å². The first-order valence-electron chi connectivity index (χ1n) is 6.27. The van der Waals surface area contributed by atoms with Gasteiger partial charge < -0.3 is 19.9 Å². The summed E-state index contributed by atoms with van der Waals surface area (Å²) in [5.74, 6) is 5.84. The van der Waals surface area contributed by atoms with Crippen LogP contribution in [0.3, 0.4) is 0 Å². The van der Waals surface area contributed by atoms with E-state index in [1.54, 1.807) is 18.4 Å². The van der Waals surface area contributed by atoms with Crippen LogP contribution in [0, 0.1) is 11.8 Å². The van der Waals surface area contributed by atoms with Gasteiger partial charge in [0, 0.05) is 36.1 Å². The van der Waals surface area contributed by atoms with Crippen LogP contribution in [0.1, 0.15) is 16.9 Å². The molecule has 0 atom stereocenters. The number of hydrogen-bond acceptors (Lipinski definition) is 5. The van der Waals surface area contributed by atoms with Gasteiger partial charge in [-0.25, -0.2) is 0 Å². The number of ether oxygens (including phenoxy) is 3. The molecule has 5 heteroatoms. The molecule has 1 rings (SSSR count). The van der Waals surface area contributed by atoms with Gasteiger partial charge in [-0.3, -0.25) is 0 Å². The first-order chi connectivity index (χ1) is 9.36. The van der Waals surface area contributed by atoms with Gasteiger partial charge in [0.25, 0.3) is 0 Å². The summed E-state index contributed by atoms with van der Waals surface area (Å²) >= 11 is 1.66. The second-order valence-electron chi connectivity index (χ2n) is 3.82. The SMILES string of the molecule is COCCOCCCOCc1cc(C#CCN)cs1. The zero-order valence-electron chi connectivity index (χ0n) is 11.3. The maximum Gasteiger partial charge on any atom is 0.0809 e. The Kier molecular flexibility index (Phi) is 9.33. The van der Waals surface area contributed by atoms with Crippen LogP contribution < -0.4 is 5.73 Å². The highest BCUT2D eigenvalue weighted by atomic mass is 32.1. The molecule has 0 aliphatic heterocycles. The summed E-state index contributed by atoms with van der Waals surface area (Å²) in [7, 11) is 1.67. The zero-order valence-corrected chi connectivity index (χ0v) is 12.1. The molecule has 0 aliphatic rings. The van der Waals surface area contributed by atoms with Gasteiger partial charge in [0.1, 0.15) is 0 Å². The molecule has 1 heterocycles. The fourth-order valence-corrected chi connectivity index (χ4v) is 2.11. The maximum atomic E-state index is 5.57. The van der Waals surface area contributed by atoms with Crippen LogP contribution in [-0.4, -0.2) is 40.1 Å². The van der Waals surface area contributed by atoms with Crippen molar-refractivity contribution in [3.63, 3.8) is 0 Å². The third-order valence-electron chi connectivity index (χ3n) is 2.24. The van der Waals surface area contributed by atoms with Crippen LogP contribution in [0.2, 0.25) is 0 Å². The number of methoxy groups -OCH3 is 1. The van der Waals surface area contributed by atoms with Crippen LogP contribution in [0.5, 0.6) is 0 Å². The molecule has 0 radical (unpaired) electrons. The minimum absolute atomic E-state index is 0.394. The Morgan fingerprint density at radius 3 is 2.84 bits per heavy atom. The Morgan fingerprint density at radius 2 is 2.05 bits per heavy atom. The van der Waals surface area contributed by atoms with Gasteiger partial charge in [-0.15, -0.1) is 11.3 Å². The average molecular weight is 283 g/mol. The van der Waals surface area contributed by atoms with E-state index < -0.39 is 0 Å². The fraction of sp³-hybridized carbons (Fsp3) is 0.571. The number of thiophene rings is 1. The number of hydrogen-bond donors (Lipinski definition) is 1. The highest BCUT2D eigenvalue weighted by Crippen LogP contribution is 2.14. The van der Waals surface area contributed by atoms with Gasteiger partial charge >= 0.3 is 0 Å². The average Bonchev–Trinajstić information content (AvgIpc) is 2.87. The predicted molar refractivity (Wildman–Crippen MR) is 77.2 cm³/mol. The Balaban J connectivity index is 2.04. The van der Waals surface area contributed by atoms with Gasteiger partial charge in [0.15, 0.2) is 0 Å². The molecule has 0 aliphatic carbocycles. The van der Waals surface area contributed by atoms with Crippen molar-refractivity contribution in [1.82, 2.24) is 0 Å². The fourth-order valence-electron chi connectivity index (χ4n) is 1.36. The van der Waals surface area contributed by atoms with Gasteiger partial charge in [0.2, 0.25) is 0 Å². The quantitative estimate of drug-likeness (QED) is 0.553. The molecule has 0 spiro atoms. The Hall–Kier alpha value is -0.900. The van der Waals surface area contributed by atoms with E-state index in [1.807, 2.05) is 11.4 Å². The van der Waals surface area contributed by atoms with Gasteiger partial charge in [-0.2, -0.15) is 0 Å². The van der Waals surface area contributed by atoms with E-state index in [4.69, 9.17) is 19.9 Å². The summed E-state index contributed by atoms with van der Waals surface area (Å²) in [6.07, 6.45) is 0.898. The summed E-state index contributed by atoms with van der Waals surface area (Å²) in [6.45, 7) is 3.72. The summed E-state index contributed by atoms with van der Waals surface area (Å²) in [5.41, 5.74) is 6.34. The molecule has 0 amide bonds. The van der Waals surface area contributed by atoms with Crippen molar-refractivity contribution < 1.29 is 14.2 Å². The summed E-state index contributed by atoms with van der Waals surface area (Å²) in [5, 5.41) is 2.02. The van der Waals surface area contributed by atoms with Crippen LogP contribution in [0.25, 0.3) is 0 Å². The lowest BCUT2D eigenvalue weighted by Crippen LogP contribution is -2.05. The largest absolute Gasteiger partial charge is 0.382 e. The molecule has 19 heavy (non-hydrogen) atoms. The van der Waals surface area contributed by atoms with Crippen LogP contribution >= 0.6 is 11.3 Å². The first kappa shape index (κ1) is 16.2. The van der Waals surface area contributed by atoms with Crippen molar-refractivity contribution in [2.45, 2.75) is 13.0 Å². The zero-order chi connectivity index (χ0) is 13.8. The van der Waals surface area contributed by atoms with Crippen LogP contribution in [-0.2, 0) is 20.8 Å². The predicted octanol–water partition coefficient (Wildman–Crippen LogP) is 1.63. The van der Waals surface area contributed by atoms with E-state index in [0.29, 0.717) is 39.6 Å². The van der Waals surface area contributed by atoms with E-state index in [0.717, 1.165) is 12.0 Å². The molecule has 0 bridgehead atoms. The maximum absolute atomic E-state index is 5.57. The Morgan fingerprint density at radius 1 is 1.21 bits per heavy atom. The van der Waals surface area contributed by atoms with Crippen LogP contribution in [0.15, 0.2) is 11.4 Å². The molecule has 0 saturated heterocycles. The molecule has 0 saturated carbocycles. The number of nitrogens with two attached hydrogens (primary N) is 1. The molecule has 0 unspecified atom stereocenters. The van der Waals surface area contributed by atoms with E-state index in [1.165, 1.54) is 4.88 Å². The Bertz CT molecular complexity index is 395. The minimum atomic E-state index is 0.394. The van der Waals surface area contributed by atoms with Gasteiger partial charge in [-0.05, 0) is 12.5 Å². The molecule has 106 valence electrons. The van der Waals surface area contributed by atoms with E-state index in [-0.39, 0.29) is 0 Å². The topological polar surface area (TPSA) is 53.7 Å². The molecular weight excluding hydrogens is 262 g/mol. The molecule has 0 aromatic carbocycles.